The number of fused-ring (bicyclic) bond motifs is 2. The Bertz CT molecular complexity index is 1530. The van der Waals surface area contributed by atoms with Gasteiger partial charge in [0.1, 0.15) is 23.1 Å². The lowest BCUT2D eigenvalue weighted by Crippen LogP contribution is -2.26. The molecule has 0 spiro atoms. The molecule has 0 unspecified atom stereocenters. The zero-order chi connectivity index (χ0) is 25.2. The molecule has 0 bridgehead atoms. The molecule has 0 atom stereocenters. The Morgan fingerprint density at radius 1 is 1.03 bits per heavy atom. The molecule has 2 aromatic heterocycles. The number of hydrogen-bond acceptors (Lipinski definition) is 8. The predicted octanol–water partition coefficient (Wildman–Crippen LogP) is 2.07. The van der Waals surface area contributed by atoms with E-state index in [1.54, 1.807) is 30.3 Å². The molecule has 0 radical (unpaired) electrons. The van der Waals surface area contributed by atoms with Crippen LogP contribution in [0.3, 0.4) is 0 Å². The number of carbonyl (C=O) groups excluding carboxylic acids is 4. The van der Waals surface area contributed by atoms with Gasteiger partial charge in [0, 0.05) is 17.7 Å². The third-order valence-electron chi connectivity index (χ3n) is 5.48. The van der Waals surface area contributed by atoms with E-state index in [1.807, 2.05) is 0 Å². The number of H-pyrrole nitrogens is 1. The summed E-state index contributed by atoms with van der Waals surface area (Å²) >= 11 is 0. The first-order chi connectivity index (χ1) is 17.4. The van der Waals surface area contributed by atoms with Crippen molar-refractivity contribution in [2.24, 2.45) is 0 Å². The minimum atomic E-state index is -0.484. The summed E-state index contributed by atoms with van der Waals surface area (Å²) in [6.07, 6.45) is 1.20. The summed E-state index contributed by atoms with van der Waals surface area (Å²) in [6.45, 7) is 1.58. The molecule has 2 aromatic carbocycles. The van der Waals surface area contributed by atoms with Gasteiger partial charge in [-0.15, -0.1) is 0 Å². The highest BCUT2D eigenvalue weighted by atomic mass is 16.5. The summed E-state index contributed by atoms with van der Waals surface area (Å²) in [5.41, 5.74) is 2.66. The van der Waals surface area contributed by atoms with Crippen molar-refractivity contribution in [1.82, 2.24) is 25.5 Å². The summed E-state index contributed by atoms with van der Waals surface area (Å²) in [7, 11) is 0. The Kier molecular flexibility index (Phi) is 5.82. The molecule has 0 saturated carbocycles. The third kappa shape index (κ3) is 4.46. The maximum Gasteiger partial charge on any atom is 0.272 e. The number of hydrogen-bond donors (Lipinski definition) is 4. The number of benzene rings is 2. The van der Waals surface area contributed by atoms with Crippen LogP contribution in [0, 0.1) is 0 Å². The highest BCUT2D eigenvalue weighted by molar-refractivity contribution is 6.10. The standard InChI is InChI=1S/C24H19N7O5/c1-12(32)14-3-5-15(6-4-14)23(34)29-22-20-19(30-31-22)21(27-11-26-20)24(35)25-9-13-2-7-17-16(8-13)28-18(33)10-36-17/h2-8,11H,9-10H2,1H3,(H,25,35)(H,28,33)(H2,29,30,31,34). The molecule has 12 heteroatoms. The minimum absolute atomic E-state index is 0.0361. The van der Waals surface area contributed by atoms with Gasteiger partial charge >= 0.3 is 0 Å². The Balaban J connectivity index is 1.30. The summed E-state index contributed by atoms with van der Waals surface area (Å²) < 4.78 is 5.34. The zero-order valence-corrected chi connectivity index (χ0v) is 18.9. The van der Waals surface area contributed by atoms with Crippen LogP contribution in [0.25, 0.3) is 11.0 Å². The van der Waals surface area contributed by atoms with Crippen LogP contribution in [0.1, 0.15) is 43.7 Å². The second kappa shape index (κ2) is 9.25. The van der Waals surface area contributed by atoms with Crippen LogP contribution in [0.2, 0.25) is 0 Å². The number of amides is 3. The third-order valence-corrected chi connectivity index (χ3v) is 5.48. The summed E-state index contributed by atoms with van der Waals surface area (Å²) in [5.74, 6) is -0.595. The van der Waals surface area contributed by atoms with Crippen LogP contribution in [-0.4, -0.2) is 50.3 Å². The molecule has 12 nitrogen and oxygen atoms in total. The van der Waals surface area contributed by atoms with Gasteiger partial charge in [0.15, 0.2) is 23.9 Å². The number of ether oxygens (including phenoxy) is 1. The smallest absolute Gasteiger partial charge is 0.272 e. The van der Waals surface area contributed by atoms with Gasteiger partial charge in [-0.05, 0) is 36.8 Å². The largest absolute Gasteiger partial charge is 0.482 e. The molecule has 4 N–H and O–H groups in total. The van der Waals surface area contributed by atoms with Crippen LogP contribution in [0.4, 0.5) is 11.5 Å². The fraction of sp³-hybridized carbons (Fsp3) is 0.125. The van der Waals surface area contributed by atoms with Crippen molar-refractivity contribution < 1.29 is 23.9 Å². The first-order valence-corrected chi connectivity index (χ1v) is 10.8. The first kappa shape index (κ1) is 22.7. The number of nitrogens with one attached hydrogen (secondary N) is 4. The number of carbonyl (C=O) groups is 4. The maximum atomic E-state index is 12.9. The Hall–Kier alpha value is -5.13. The normalized spacial score (nSPS) is 12.3. The molecule has 0 aliphatic carbocycles. The Morgan fingerprint density at radius 3 is 2.58 bits per heavy atom. The Morgan fingerprint density at radius 2 is 1.81 bits per heavy atom. The number of aromatic amines is 1. The van der Waals surface area contributed by atoms with E-state index in [1.165, 1.54) is 25.4 Å². The van der Waals surface area contributed by atoms with E-state index >= 15 is 0 Å². The number of anilines is 2. The van der Waals surface area contributed by atoms with Crippen LogP contribution < -0.4 is 20.7 Å². The molecular weight excluding hydrogens is 466 g/mol. The van der Waals surface area contributed by atoms with E-state index < -0.39 is 11.8 Å². The minimum Gasteiger partial charge on any atom is -0.482 e. The summed E-state index contributed by atoms with van der Waals surface area (Å²) in [5, 5.41) is 14.9. The van der Waals surface area contributed by atoms with Crippen LogP contribution in [0.15, 0.2) is 48.8 Å². The lowest BCUT2D eigenvalue weighted by Gasteiger charge is -2.18. The fourth-order valence-electron chi connectivity index (χ4n) is 3.64. The highest BCUT2D eigenvalue weighted by Crippen LogP contribution is 2.28. The number of ketones is 1. The van der Waals surface area contributed by atoms with Crippen molar-refractivity contribution in [2.45, 2.75) is 13.5 Å². The topological polar surface area (TPSA) is 168 Å². The van der Waals surface area contributed by atoms with Gasteiger partial charge in [-0.1, -0.05) is 18.2 Å². The highest BCUT2D eigenvalue weighted by Gasteiger charge is 2.20. The molecule has 5 rings (SSSR count). The van der Waals surface area contributed by atoms with Gasteiger partial charge in [-0.25, -0.2) is 9.97 Å². The van der Waals surface area contributed by atoms with Gasteiger partial charge in [0.05, 0.1) is 5.69 Å². The van der Waals surface area contributed by atoms with Gasteiger partial charge < -0.3 is 20.7 Å². The summed E-state index contributed by atoms with van der Waals surface area (Å²) in [4.78, 5) is 56.7. The van der Waals surface area contributed by atoms with Gasteiger partial charge in [0.25, 0.3) is 17.7 Å². The molecule has 1 aliphatic heterocycles. The molecule has 4 aromatic rings. The molecular formula is C24H19N7O5. The SMILES string of the molecule is CC(=O)c1ccc(C(=O)Nc2n[nH]c3c(C(=O)NCc4ccc5c(c4)NC(=O)CO5)ncnc23)cc1. The van der Waals surface area contributed by atoms with E-state index in [2.05, 4.69) is 36.1 Å². The monoisotopic (exact) mass is 485 g/mol. The zero-order valence-electron chi connectivity index (χ0n) is 18.9. The molecule has 36 heavy (non-hydrogen) atoms. The Labute approximate surface area is 203 Å². The second-order valence-electron chi connectivity index (χ2n) is 7.96. The number of aromatic nitrogens is 4. The number of nitrogens with zero attached hydrogens (tertiary/aromatic N) is 3. The molecule has 1 aliphatic rings. The van der Waals surface area contributed by atoms with E-state index in [9.17, 15) is 19.2 Å². The van der Waals surface area contributed by atoms with E-state index in [0.717, 1.165) is 5.56 Å². The molecule has 180 valence electrons. The quantitative estimate of drug-likeness (QED) is 0.301. The van der Waals surface area contributed by atoms with Crippen LogP contribution in [0.5, 0.6) is 5.75 Å². The van der Waals surface area contributed by atoms with Crippen molar-refractivity contribution in [3.8, 4) is 5.75 Å². The van der Waals surface area contributed by atoms with E-state index in [0.29, 0.717) is 22.6 Å². The molecule has 0 fully saturated rings. The van der Waals surface area contributed by atoms with Crippen LogP contribution in [-0.2, 0) is 11.3 Å². The van der Waals surface area contributed by atoms with Gasteiger partial charge in [-0.3, -0.25) is 24.3 Å². The first-order valence-electron chi connectivity index (χ1n) is 10.8. The van der Waals surface area contributed by atoms with Crippen molar-refractivity contribution in [2.75, 3.05) is 17.2 Å². The molecule has 0 saturated heterocycles. The lowest BCUT2D eigenvalue weighted by molar-refractivity contribution is -0.118. The predicted molar refractivity (Wildman–Crippen MR) is 128 cm³/mol. The second-order valence-corrected chi connectivity index (χ2v) is 7.96. The van der Waals surface area contributed by atoms with E-state index in [4.69, 9.17) is 4.74 Å². The van der Waals surface area contributed by atoms with E-state index in [-0.39, 0.29) is 47.4 Å². The van der Waals surface area contributed by atoms with Crippen molar-refractivity contribution in [1.29, 1.82) is 0 Å². The number of rotatable bonds is 6. The van der Waals surface area contributed by atoms with Gasteiger partial charge in [-0.2, -0.15) is 5.10 Å². The average molecular weight is 485 g/mol. The maximum absolute atomic E-state index is 12.9. The van der Waals surface area contributed by atoms with Crippen molar-refractivity contribution in [3.63, 3.8) is 0 Å². The lowest BCUT2D eigenvalue weighted by atomic mass is 10.1. The van der Waals surface area contributed by atoms with Crippen molar-refractivity contribution in [3.05, 3.63) is 71.2 Å². The number of Topliss-reactive ketones (excluding diaryl/α,β-unsaturated/α-hetero) is 1. The average Bonchev–Trinajstić information content (AvgIpc) is 3.29. The summed E-state index contributed by atoms with van der Waals surface area (Å²) in [6, 6.07) is 11.4. The fourth-order valence-corrected chi connectivity index (χ4v) is 3.64. The van der Waals surface area contributed by atoms with Gasteiger partial charge in [0.2, 0.25) is 0 Å². The molecule has 3 amide bonds. The van der Waals surface area contributed by atoms with Crippen LogP contribution >= 0.6 is 0 Å². The van der Waals surface area contributed by atoms with Crippen molar-refractivity contribution >= 4 is 46.0 Å². The molecule has 3 heterocycles.